The normalized spacial score (nSPS) is 15.4. The van der Waals surface area contributed by atoms with E-state index in [9.17, 15) is 4.79 Å². The van der Waals surface area contributed by atoms with Crippen LogP contribution in [0.4, 0.5) is 0 Å². The van der Waals surface area contributed by atoms with Crippen molar-refractivity contribution in [2.45, 2.75) is 26.2 Å². The van der Waals surface area contributed by atoms with Crippen LogP contribution in [0.25, 0.3) is 0 Å². The van der Waals surface area contributed by atoms with Gasteiger partial charge >= 0.3 is 0 Å². The molecule has 2 N–H and O–H groups in total. The van der Waals surface area contributed by atoms with Gasteiger partial charge in [0.25, 0.3) is 5.91 Å². The van der Waals surface area contributed by atoms with Crippen LogP contribution in [0.1, 0.15) is 29.8 Å². The number of rotatable bonds is 3. The number of benzene rings is 1. The summed E-state index contributed by atoms with van der Waals surface area (Å²) in [5.74, 6) is 5.58. The maximum absolute atomic E-state index is 12.0. The Morgan fingerprint density at radius 2 is 2.20 bits per heavy atom. The van der Waals surface area contributed by atoms with E-state index in [0.717, 1.165) is 5.56 Å². The summed E-state index contributed by atoms with van der Waals surface area (Å²) < 4.78 is 11.0. The molecule has 0 aliphatic carbocycles. The van der Waals surface area contributed by atoms with E-state index in [1.54, 1.807) is 26.0 Å². The number of carbonyl (C=O) groups is 1. The minimum atomic E-state index is -0.692. The third kappa shape index (κ3) is 3.50. The topological polar surface area (TPSA) is 67.8 Å². The minimum Gasteiger partial charge on any atom is -0.468 e. The number of amides is 1. The molecule has 2 rings (SSSR count). The van der Waals surface area contributed by atoms with Crippen molar-refractivity contribution >= 4 is 5.91 Å². The molecule has 1 amide bonds. The summed E-state index contributed by atoms with van der Waals surface area (Å²) in [5.41, 5.74) is 0.682. The highest BCUT2D eigenvalue weighted by molar-refractivity contribution is 5.98. The number of hydrogen-bond donors (Lipinski definition) is 2. The third-order valence-electron chi connectivity index (χ3n) is 2.72. The zero-order chi connectivity index (χ0) is 14.6. The van der Waals surface area contributed by atoms with Gasteiger partial charge in [0.2, 0.25) is 0 Å². The van der Waals surface area contributed by atoms with E-state index in [1.165, 1.54) is 0 Å². The highest BCUT2D eigenvalue weighted by atomic mass is 16.5. The summed E-state index contributed by atoms with van der Waals surface area (Å²) in [5, 5.41) is 11.3. The number of ether oxygens (including phenoxy) is 2. The van der Waals surface area contributed by atoms with Crippen molar-refractivity contribution in [3.8, 4) is 17.6 Å². The van der Waals surface area contributed by atoms with Crippen LogP contribution in [0.3, 0.4) is 0 Å². The number of nitrogens with one attached hydrogen (secondary N) is 1. The Labute approximate surface area is 117 Å². The van der Waals surface area contributed by atoms with Crippen molar-refractivity contribution in [2.75, 3.05) is 13.2 Å². The first-order valence-corrected chi connectivity index (χ1v) is 6.30. The molecule has 0 fully saturated rings. The smallest absolute Gasteiger partial charge is 0.258 e. The summed E-state index contributed by atoms with van der Waals surface area (Å²) in [6.45, 7) is 4.02. The molecule has 0 aromatic heterocycles. The molecule has 106 valence electrons. The second-order valence-electron chi connectivity index (χ2n) is 4.90. The van der Waals surface area contributed by atoms with Crippen molar-refractivity contribution in [3.63, 3.8) is 0 Å². The van der Waals surface area contributed by atoms with Gasteiger partial charge in [-0.2, -0.15) is 0 Å². The molecule has 5 heteroatoms. The van der Waals surface area contributed by atoms with Crippen molar-refractivity contribution in [1.29, 1.82) is 0 Å². The lowest BCUT2D eigenvalue weighted by Gasteiger charge is -2.33. The van der Waals surface area contributed by atoms with Gasteiger partial charge in [-0.1, -0.05) is 17.9 Å². The zero-order valence-corrected chi connectivity index (χ0v) is 11.5. The lowest BCUT2D eigenvalue weighted by molar-refractivity contribution is 0.0432. The number of aliphatic hydroxyl groups excluding tert-OH is 1. The van der Waals surface area contributed by atoms with Crippen LogP contribution in [-0.2, 0) is 11.3 Å². The minimum absolute atomic E-state index is 0.154. The van der Waals surface area contributed by atoms with E-state index in [-0.39, 0.29) is 19.1 Å². The van der Waals surface area contributed by atoms with Gasteiger partial charge in [-0.05, 0) is 31.5 Å². The van der Waals surface area contributed by atoms with Gasteiger partial charge < -0.3 is 19.9 Å². The Morgan fingerprint density at radius 3 is 2.95 bits per heavy atom. The predicted molar refractivity (Wildman–Crippen MR) is 73.1 cm³/mol. The van der Waals surface area contributed by atoms with E-state index < -0.39 is 5.72 Å². The van der Waals surface area contributed by atoms with Gasteiger partial charge in [0.05, 0.1) is 12.2 Å². The van der Waals surface area contributed by atoms with Crippen molar-refractivity contribution in [2.24, 2.45) is 0 Å². The third-order valence-corrected chi connectivity index (χ3v) is 2.72. The summed E-state index contributed by atoms with van der Waals surface area (Å²) in [4.78, 5) is 12.0. The largest absolute Gasteiger partial charge is 0.468 e. The van der Waals surface area contributed by atoms with Crippen molar-refractivity contribution in [1.82, 2.24) is 5.32 Å². The van der Waals surface area contributed by atoms with Gasteiger partial charge in [0.15, 0.2) is 5.72 Å². The van der Waals surface area contributed by atoms with E-state index in [2.05, 4.69) is 17.2 Å². The van der Waals surface area contributed by atoms with Crippen LogP contribution in [-0.4, -0.2) is 30.0 Å². The van der Waals surface area contributed by atoms with E-state index in [0.29, 0.717) is 17.9 Å². The summed E-state index contributed by atoms with van der Waals surface area (Å²) in [6, 6.07) is 5.38. The molecule has 1 aromatic rings. The van der Waals surface area contributed by atoms with Gasteiger partial charge in [0, 0.05) is 0 Å². The van der Waals surface area contributed by atoms with Crippen LogP contribution >= 0.6 is 0 Å². The molecule has 0 saturated carbocycles. The lowest BCUT2D eigenvalue weighted by Crippen LogP contribution is -2.51. The molecule has 0 atom stereocenters. The van der Waals surface area contributed by atoms with Crippen LogP contribution in [0, 0.1) is 11.8 Å². The van der Waals surface area contributed by atoms with Crippen LogP contribution < -0.4 is 10.1 Å². The Morgan fingerprint density at radius 1 is 1.40 bits per heavy atom. The SMILES string of the molecule is CC1(C)NC(=O)c2cc(COCC#CCO)ccc2O1. The quantitative estimate of drug-likeness (QED) is 0.639. The zero-order valence-electron chi connectivity index (χ0n) is 11.5. The standard InChI is InChI=1S/C15H17NO4/c1-15(2)16-14(18)12-9-11(5-6-13(12)20-15)10-19-8-4-3-7-17/h5-6,9,17H,7-8,10H2,1-2H3,(H,16,18). The van der Waals surface area contributed by atoms with Gasteiger partial charge in [-0.25, -0.2) is 0 Å². The molecular formula is C15H17NO4. The predicted octanol–water partition coefficient (Wildman–Crippen LogP) is 1.06. The molecule has 0 bridgehead atoms. The Balaban J connectivity index is 2.05. The average Bonchev–Trinajstić information content (AvgIpc) is 2.38. The summed E-state index contributed by atoms with van der Waals surface area (Å²) in [6.07, 6.45) is 0. The number of aliphatic hydroxyl groups is 1. The molecule has 1 aromatic carbocycles. The first-order valence-electron chi connectivity index (χ1n) is 6.30. The maximum Gasteiger partial charge on any atom is 0.258 e. The molecule has 0 radical (unpaired) electrons. The van der Waals surface area contributed by atoms with Crippen molar-refractivity contribution in [3.05, 3.63) is 29.3 Å². The molecule has 20 heavy (non-hydrogen) atoms. The molecular weight excluding hydrogens is 258 g/mol. The van der Waals surface area contributed by atoms with E-state index >= 15 is 0 Å². The molecule has 0 unspecified atom stereocenters. The fourth-order valence-electron chi connectivity index (χ4n) is 1.90. The molecule has 1 aliphatic rings. The first-order chi connectivity index (χ1) is 9.52. The molecule has 1 heterocycles. The summed E-state index contributed by atoms with van der Waals surface area (Å²) in [7, 11) is 0. The number of carbonyl (C=O) groups excluding carboxylic acids is 1. The lowest BCUT2D eigenvalue weighted by atomic mass is 10.1. The fraction of sp³-hybridized carbons (Fsp3) is 0.400. The highest BCUT2D eigenvalue weighted by Crippen LogP contribution is 2.28. The van der Waals surface area contributed by atoms with Crippen molar-refractivity contribution < 1.29 is 19.4 Å². The van der Waals surface area contributed by atoms with E-state index in [4.69, 9.17) is 14.6 Å². The monoisotopic (exact) mass is 275 g/mol. The van der Waals surface area contributed by atoms with Gasteiger partial charge in [-0.15, -0.1) is 0 Å². The van der Waals surface area contributed by atoms with Crippen LogP contribution in [0.15, 0.2) is 18.2 Å². The maximum atomic E-state index is 12.0. The molecule has 0 spiro atoms. The van der Waals surface area contributed by atoms with E-state index in [1.807, 2.05) is 6.07 Å². The molecule has 1 aliphatic heterocycles. The Hall–Kier alpha value is -2.03. The summed E-state index contributed by atoms with van der Waals surface area (Å²) >= 11 is 0. The molecule has 0 saturated heterocycles. The second-order valence-corrected chi connectivity index (χ2v) is 4.90. The fourth-order valence-corrected chi connectivity index (χ4v) is 1.90. The highest BCUT2D eigenvalue weighted by Gasteiger charge is 2.31. The number of fused-ring (bicyclic) bond motifs is 1. The van der Waals surface area contributed by atoms with Crippen LogP contribution in [0.2, 0.25) is 0 Å². The first kappa shape index (κ1) is 14.4. The Bertz CT molecular complexity index is 569. The van der Waals surface area contributed by atoms with Gasteiger partial charge in [-0.3, -0.25) is 4.79 Å². The Kier molecular flexibility index (Phi) is 4.28. The number of hydrogen-bond acceptors (Lipinski definition) is 4. The second kappa shape index (κ2) is 5.95. The van der Waals surface area contributed by atoms with Crippen LogP contribution in [0.5, 0.6) is 5.75 Å². The van der Waals surface area contributed by atoms with Gasteiger partial charge in [0.1, 0.15) is 19.0 Å². The molecule has 5 nitrogen and oxygen atoms in total. The average molecular weight is 275 g/mol.